The molecule has 0 heterocycles. The standard InChI is InChI=1S/C13H22.C3H8.CH4/c1-2-3-13-7-10-4-11(8-13)6-12(5-10)9-13;1-3-2;/h10-12H,2-9H2,1H3;3H2,1-2H3;1H4. The highest BCUT2D eigenvalue weighted by atomic mass is 14.5. The van der Waals surface area contributed by atoms with Gasteiger partial charge < -0.3 is 0 Å². The van der Waals surface area contributed by atoms with E-state index in [9.17, 15) is 0 Å². The van der Waals surface area contributed by atoms with E-state index in [-0.39, 0.29) is 7.43 Å². The van der Waals surface area contributed by atoms with E-state index >= 15 is 0 Å². The summed E-state index contributed by atoms with van der Waals surface area (Å²) < 4.78 is 0. The quantitative estimate of drug-likeness (QED) is 0.549. The topological polar surface area (TPSA) is 0 Å². The van der Waals surface area contributed by atoms with E-state index < -0.39 is 0 Å². The monoisotopic (exact) mass is 238 g/mol. The molecule has 0 aromatic rings. The summed E-state index contributed by atoms with van der Waals surface area (Å²) >= 11 is 0. The van der Waals surface area contributed by atoms with Crippen LogP contribution in [-0.2, 0) is 0 Å². The third kappa shape index (κ3) is 3.26. The Morgan fingerprint density at radius 3 is 1.47 bits per heavy atom. The summed E-state index contributed by atoms with van der Waals surface area (Å²) in [6, 6.07) is 0. The molecular formula is C17H34. The smallest absolute Gasteiger partial charge is 0.0290 e. The van der Waals surface area contributed by atoms with Gasteiger partial charge in [0, 0.05) is 0 Å². The molecule has 4 saturated carbocycles. The molecule has 0 unspecified atom stereocenters. The summed E-state index contributed by atoms with van der Waals surface area (Å²) in [6.07, 6.45) is 13.8. The molecule has 4 aliphatic rings. The van der Waals surface area contributed by atoms with Crippen molar-refractivity contribution in [3.05, 3.63) is 0 Å². The molecule has 4 aliphatic carbocycles. The third-order valence-corrected chi connectivity index (χ3v) is 4.95. The van der Waals surface area contributed by atoms with Crippen LogP contribution in [0.4, 0.5) is 0 Å². The van der Waals surface area contributed by atoms with Crippen molar-refractivity contribution in [2.45, 2.75) is 86.0 Å². The van der Waals surface area contributed by atoms with Crippen LogP contribution in [0.25, 0.3) is 0 Å². The van der Waals surface area contributed by atoms with Gasteiger partial charge in [0.1, 0.15) is 0 Å². The van der Waals surface area contributed by atoms with E-state index in [4.69, 9.17) is 0 Å². The van der Waals surface area contributed by atoms with Crippen molar-refractivity contribution in [2.24, 2.45) is 23.2 Å². The highest BCUT2D eigenvalue weighted by molar-refractivity contribution is 5.00. The molecule has 0 aromatic carbocycles. The maximum atomic E-state index is 2.37. The van der Waals surface area contributed by atoms with Crippen molar-refractivity contribution >= 4 is 0 Å². The Kier molecular flexibility index (Phi) is 5.54. The van der Waals surface area contributed by atoms with Gasteiger partial charge in [-0.05, 0) is 68.1 Å². The zero-order valence-electron chi connectivity index (χ0n) is 11.6. The van der Waals surface area contributed by atoms with Crippen molar-refractivity contribution in [3.8, 4) is 0 Å². The molecule has 0 nitrogen and oxygen atoms in total. The van der Waals surface area contributed by atoms with Gasteiger partial charge in [0.15, 0.2) is 0 Å². The van der Waals surface area contributed by atoms with Gasteiger partial charge in [0.05, 0.1) is 0 Å². The molecule has 0 heteroatoms. The Morgan fingerprint density at radius 2 is 1.18 bits per heavy atom. The molecule has 0 N–H and O–H groups in total. The van der Waals surface area contributed by atoms with E-state index in [1.54, 1.807) is 38.5 Å². The van der Waals surface area contributed by atoms with E-state index in [0.717, 1.165) is 23.2 Å². The minimum Gasteiger partial charge on any atom is -0.0776 e. The summed E-state index contributed by atoms with van der Waals surface area (Å²) in [5.41, 5.74) is 0.851. The fourth-order valence-corrected chi connectivity index (χ4v) is 5.13. The Hall–Kier alpha value is 0. The van der Waals surface area contributed by atoms with Crippen LogP contribution in [-0.4, -0.2) is 0 Å². The lowest BCUT2D eigenvalue weighted by Gasteiger charge is -2.57. The fraction of sp³-hybridized carbons (Fsp3) is 1.00. The zero-order chi connectivity index (χ0) is 11.6. The van der Waals surface area contributed by atoms with E-state index in [1.165, 1.54) is 19.3 Å². The Labute approximate surface area is 110 Å². The molecule has 4 fully saturated rings. The van der Waals surface area contributed by atoms with Crippen LogP contribution < -0.4 is 0 Å². The second-order valence-electron chi connectivity index (χ2n) is 6.87. The minimum absolute atomic E-state index is 0. The highest BCUT2D eigenvalue weighted by Crippen LogP contribution is 2.61. The van der Waals surface area contributed by atoms with Gasteiger partial charge in [0.2, 0.25) is 0 Å². The molecule has 102 valence electrons. The number of hydrogen-bond donors (Lipinski definition) is 0. The first-order valence-electron chi connectivity index (χ1n) is 7.71. The average Bonchev–Trinajstić information content (AvgIpc) is 2.15. The SMILES string of the molecule is C.CCC.CCCC12CC3CC(CC(C3)C1)C2. The molecular weight excluding hydrogens is 204 g/mol. The summed E-state index contributed by atoms with van der Waals surface area (Å²) in [6.45, 7) is 6.62. The van der Waals surface area contributed by atoms with Gasteiger partial charge >= 0.3 is 0 Å². The van der Waals surface area contributed by atoms with Crippen molar-refractivity contribution in [3.63, 3.8) is 0 Å². The number of hydrogen-bond acceptors (Lipinski definition) is 0. The lowest BCUT2D eigenvalue weighted by Crippen LogP contribution is -2.45. The first-order valence-corrected chi connectivity index (χ1v) is 7.71. The summed E-state index contributed by atoms with van der Waals surface area (Å²) in [7, 11) is 0. The largest absolute Gasteiger partial charge is 0.0776 e. The van der Waals surface area contributed by atoms with Gasteiger partial charge in [-0.3, -0.25) is 0 Å². The summed E-state index contributed by atoms with van der Waals surface area (Å²) in [5.74, 6) is 3.45. The average molecular weight is 238 g/mol. The maximum Gasteiger partial charge on any atom is -0.0290 e. The molecule has 0 saturated heterocycles. The van der Waals surface area contributed by atoms with E-state index in [0.29, 0.717) is 0 Å². The van der Waals surface area contributed by atoms with Gasteiger partial charge in [-0.1, -0.05) is 41.0 Å². The first-order chi connectivity index (χ1) is 7.71. The molecule has 0 spiro atoms. The van der Waals surface area contributed by atoms with Crippen LogP contribution in [0.15, 0.2) is 0 Å². The van der Waals surface area contributed by atoms with Crippen LogP contribution in [0.2, 0.25) is 0 Å². The predicted octanol–water partition coefficient (Wildman–Crippen LogP) is 6.06. The van der Waals surface area contributed by atoms with Gasteiger partial charge in [-0.25, -0.2) is 0 Å². The van der Waals surface area contributed by atoms with Gasteiger partial charge in [0.25, 0.3) is 0 Å². The van der Waals surface area contributed by atoms with Crippen LogP contribution in [0.3, 0.4) is 0 Å². The second-order valence-corrected chi connectivity index (χ2v) is 6.87. The van der Waals surface area contributed by atoms with Crippen LogP contribution >= 0.6 is 0 Å². The molecule has 17 heavy (non-hydrogen) atoms. The van der Waals surface area contributed by atoms with Crippen molar-refractivity contribution < 1.29 is 0 Å². The molecule has 0 radical (unpaired) electrons. The van der Waals surface area contributed by atoms with Gasteiger partial charge in [-0.15, -0.1) is 0 Å². The van der Waals surface area contributed by atoms with Gasteiger partial charge in [-0.2, -0.15) is 0 Å². The molecule has 0 aromatic heterocycles. The van der Waals surface area contributed by atoms with Crippen LogP contribution in [0.5, 0.6) is 0 Å². The first kappa shape index (κ1) is 15.1. The molecule has 4 bridgehead atoms. The fourth-order valence-electron chi connectivity index (χ4n) is 5.13. The Bertz CT molecular complexity index is 181. The lowest BCUT2D eigenvalue weighted by molar-refractivity contribution is -0.0574. The van der Waals surface area contributed by atoms with Crippen LogP contribution in [0, 0.1) is 23.2 Å². The third-order valence-electron chi connectivity index (χ3n) is 4.95. The maximum absolute atomic E-state index is 2.37. The predicted molar refractivity (Wildman–Crippen MR) is 78.2 cm³/mol. The molecule has 0 atom stereocenters. The summed E-state index contributed by atoms with van der Waals surface area (Å²) in [4.78, 5) is 0. The number of rotatable bonds is 2. The van der Waals surface area contributed by atoms with E-state index in [1.807, 2.05) is 0 Å². The second kappa shape index (κ2) is 6.25. The van der Waals surface area contributed by atoms with Crippen molar-refractivity contribution in [2.75, 3.05) is 0 Å². The summed E-state index contributed by atoms with van der Waals surface area (Å²) in [5, 5.41) is 0. The Balaban J connectivity index is 0.000000331. The van der Waals surface area contributed by atoms with Crippen molar-refractivity contribution in [1.82, 2.24) is 0 Å². The molecule has 0 aliphatic heterocycles. The lowest BCUT2D eigenvalue weighted by atomic mass is 9.49. The van der Waals surface area contributed by atoms with Crippen molar-refractivity contribution in [1.29, 1.82) is 0 Å². The minimum atomic E-state index is 0. The molecule has 4 rings (SSSR count). The highest BCUT2D eigenvalue weighted by Gasteiger charge is 2.49. The van der Waals surface area contributed by atoms with Crippen LogP contribution in [0.1, 0.15) is 86.0 Å². The molecule has 0 amide bonds. The Morgan fingerprint density at radius 1 is 0.824 bits per heavy atom. The zero-order valence-corrected chi connectivity index (χ0v) is 11.6. The van der Waals surface area contributed by atoms with E-state index in [2.05, 4.69) is 20.8 Å². The normalized spacial score (nSPS) is 41.5.